The van der Waals surface area contributed by atoms with Crippen molar-refractivity contribution in [1.82, 2.24) is 0 Å². The van der Waals surface area contributed by atoms with Gasteiger partial charge in [0.25, 0.3) is 0 Å². The molecule has 18 aromatic rings. The molecule has 0 N–H and O–H groups in total. The fourth-order valence-electron chi connectivity index (χ4n) is 25.8. The summed E-state index contributed by atoms with van der Waals surface area (Å²) in [6, 6.07) is 134. The van der Waals surface area contributed by atoms with Gasteiger partial charge in [0.2, 0.25) is 0 Å². The Labute approximate surface area is 880 Å². The molecular formula is C148H136. The van der Waals surface area contributed by atoms with Crippen molar-refractivity contribution in [2.24, 2.45) is 0 Å². The molecule has 4 bridgehead atoms. The Morgan fingerprint density at radius 1 is 0.176 bits per heavy atom. The molecule has 0 atom stereocenters. The Hall–Kier alpha value is -14.7. The highest BCUT2D eigenvalue weighted by atomic mass is 14.5. The van der Waals surface area contributed by atoms with Crippen molar-refractivity contribution in [3.8, 4) is 157 Å². The van der Waals surface area contributed by atoms with E-state index in [-0.39, 0.29) is 55.2 Å². The van der Waals surface area contributed by atoms with Gasteiger partial charge in [0.05, 0.1) is 0 Å². The molecule has 18 aromatic carbocycles. The average Bonchev–Trinajstić information content (AvgIpc) is 1.64. The Kier molecular flexibility index (Phi) is 21.6. The van der Waals surface area contributed by atoms with Crippen LogP contribution in [0.4, 0.5) is 0 Å². The van der Waals surface area contributed by atoms with Crippen LogP contribution in [0.2, 0.25) is 0 Å². The minimum Gasteiger partial charge on any atom is -0.0765 e. The monoisotopic (exact) mass is 1910 g/mol. The van der Waals surface area contributed by atoms with E-state index in [1.165, 1.54) is 244 Å². The number of benzene rings is 18. The number of rotatable bonds is 8. The maximum absolute atomic E-state index is 4.17. The zero-order valence-corrected chi connectivity index (χ0v) is 91.5. The Morgan fingerprint density at radius 2 is 0.345 bits per heavy atom. The Morgan fingerprint density at radius 3 is 0.541 bits per heavy atom. The van der Waals surface area contributed by atoms with E-state index in [9.17, 15) is 0 Å². The van der Waals surface area contributed by atoms with Gasteiger partial charge in [-0.1, -0.05) is 516 Å². The summed E-state index contributed by atoms with van der Waals surface area (Å²) in [5.41, 5.74) is 56.3. The number of aryl methyl sites for hydroxylation is 2. The number of fused-ring (bicyclic) bond motifs is 6. The lowest BCUT2D eigenvalue weighted by Gasteiger charge is -2.48. The summed E-state index contributed by atoms with van der Waals surface area (Å²) in [6.07, 6.45) is 0. The van der Waals surface area contributed by atoms with Crippen LogP contribution in [0.5, 0.6) is 0 Å². The molecule has 0 aromatic heterocycles. The lowest BCUT2D eigenvalue weighted by atomic mass is 9.53. The molecule has 0 radical (unpaired) electrons. The molecule has 8 aliphatic carbocycles. The van der Waals surface area contributed by atoms with Crippen LogP contribution >= 0.6 is 0 Å². The fraction of sp³-hybridized carbons (Fsp3) is 0.257. The molecule has 0 spiro atoms. The third-order valence-electron chi connectivity index (χ3n) is 33.9. The van der Waals surface area contributed by atoms with Crippen LogP contribution in [0, 0.1) is 37.5 Å². The van der Waals surface area contributed by atoms with Gasteiger partial charge >= 0.3 is 0 Å². The summed E-state index contributed by atoms with van der Waals surface area (Å²) < 4.78 is 0. The van der Waals surface area contributed by atoms with Crippen molar-refractivity contribution in [3.63, 3.8) is 0 Å². The molecule has 0 saturated heterocycles. The largest absolute Gasteiger partial charge is 0.107 e. The molecule has 148 heavy (non-hydrogen) atoms. The third-order valence-corrected chi connectivity index (χ3v) is 33.9. The van der Waals surface area contributed by atoms with Crippen molar-refractivity contribution < 1.29 is 0 Å². The number of hydrogen-bond donors (Lipinski definition) is 0. The first-order chi connectivity index (χ1) is 70.2. The van der Waals surface area contributed by atoms with Gasteiger partial charge in [-0.15, -0.1) is 0 Å². The molecule has 0 nitrogen and oxygen atoms in total. The Balaban J connectivity index is 0.859. The maximum atomic E-state index is 4.17. The van der Waals surface area contributed by atoms with E-state index < -0.39 is 10.8 Å². The summed E-state index contributed by atoms with van der Waals surface area (Å²) in [5, 5.41) is 2.54. The van der Waals surface area contributed by atoms with E-state index in [1.54, 1.807) is 0 Å². The first-order valence-corrected chi connectivity index (χ1v) is 54.0. The van der Waals surface area contributed by atoms with Gasteiger partial charge in [-0.2, -0.15) is 0 Å². The predicted molar refractivity (Wildman–Crippen MR) is 629 cm³/mol. The van der Waals surface area contributed by atoms with Crippen molar-refractivity contribution in [2.75, 3.05) is 0 Å². The highest BCUT2D eigenvalue weighted by molar-refractivity contribution is 6.34. The topological polar surface area (TPSA) is 0 Å². The van der Waals surface area contributed by atoms with Crippen molar-refractivity contribution >= 4 is 10.8 Å². The lowest BCUT2D eigenvalue weighted by molar-refractivity contribution is 0.568. The molecule has 0 saturated carbocycles. The van der Waals surface area contributed by atoms with Gasteiger partial charge < -0.3 is 0 Å². The van der Waals surface area contributed by atoms with Gasteiger partial charge in [-0.3, -0.25) is 0 Å². The van der Waals surface area contributed by atoms with E-state index in [0.717, 1.165) is 33.4 Å². The summed E-state index contributed by atoms with van der Waals surface area (Å²) in [7, 11) is 0. The van der Waals surface area contributed by atoms with Crippen LogP contribution in [0.3, 0.4) is 0 Å². The SMILES string of the molecule is Cc1ccc(-c2c(-c3ccc(C)cc3)c(-c3ccc(C#CC45c6ccccc6C(c6ccccc64)c4ccccc45)cc3)c3c(c2-c2ccc(C#CC45c6ccccc6C(c6ccccc64)c4ccccc45)cc2)-c2ccc4c5c(ccc-3c25)-c2c(-c3cc(C(C)(C)C)cc(C(C)(C)C)c3)c(-c3cc(C(C)(C)C)cc(C(C)(C)C)c3)c(-c3cc(C(C)(C)C)cc(C(C)(C)C)c3)c(-c3cc(C(C)(C)C)cc(C(C)(C)C)c3)c2-4)cc1. The van der Waals surface area contributed by atoms with Crippen molar-refractivity contribution in [3.05, 3.63) is 473 Å². The molecule has 8 aliphatic rings. The molecular weight excluding hydrogens is 1780 g/mol. The minimum absolute atomic E-state index is 0.133. The van der Waals surface area contributed by atoms with Crippen LogP contribution in [-0.2, 0) is 54.1 Å². The number of hydrogen-bond acceptors (Lipinski definition) is 0. The first-order valence-electron chi connectivity index (χ1n) is 54.0. The van der Waals surface area contributed by atoms with Gasteiger partial charge in [0.1, 0.15) is 10.8 Å². The normalized spacial score (nSPS) is 16.4. The highest BCUT2D eigenvalue weighted by Crippen LogP contribution is 2.70. The smallest absolute Gasteiger partial charge is 0.0765 e. The minimum atomic E-state index is -0.701. The van der Waals surface area contributed by atoms with Crippen LogP contribution in [-0.4, -0.2) is 0 Å². The molecule has 0 aliphatic heterocycles. The highest BCUT2D eigenvalue weighted by Gasteiger charge is 2.54. The molecule has 728 valence electrons. The zero-order chi connectivity index (χ0) is 103. The van der Waals surface area contributed by atoms with Gasteiger partial charge in [0, 0.05) is 23.0 Å². The van der Waals surface area contributed by atoms with Crippen LogP contribution in [0.25, 0.3) is 144 Å². The second-order valence-electron chi connectivity index (χ2n) is 52.0. The van der Waals surface area contributed by atoms with E-state index in [2.05, 4.69) is 543 Å². The van der Waals surface area contributed by atoms with E-state index >= 15 is 0 Å². The van der Waals surface area contributed by atoms with Gasteiger partial charge in [-0.05, 0) is 337 Å². The summed E-state index contributed by atoms with van der Waals surface area (Å²) in [6.45, 7) is 62.7. The first kappa shape index (κ1) is 95.5. The average molecular weight is 1910 g/mol. The molecule has 0 amide bonds. The Bertz CT molecular complexity index is 7930. The molecule has 0 unspecified atom stereocenters. The molecule has 26 rings (SSSR count). The quantitative estimate of drug-likeness (QED) is 0.133. The summed E-state index contributed by atoms with van der Waals surface area (Å²) >= 11 is 0. The molecule has 0 fully saturated rings. The van der Waals surface area contributed by atoms with Crippen LogP contribution in [0.15, 0.2) is 340 Å². The van der Waals surface area contributed by atoms with E-state index in [4.69, 9.17) is 0 Å². The third kappa shape index (κ3) is 15.0. The van der Waals surface area contributed by atoms with Crippen LogP contribution in [0.1, 0.15) is 312 Å². The standard InChI is InChI=1S/C148H136/c1-87-51-59-91(60-52-87)123-124(92-61-53-88(2)54-62-92)126(94-65-57-90(58-66-94)72-74-148-120-48-36-30-42-110(120)132(111-43-31-37-49-121(111)148)112-44-32-38-50-122(112)148)136-114-68-70-116-134-115(69-67-113(133(114)134)135(136)125(123)93-63-55-89(56-64-93)71-73-147-117-45-33-27-39-107(117)131(108-40-28-34-46-118(108)147)109-41-29-35-47-119(109)147)137-129(97-79-103(143(15,16)17)85-104(80-97)144(18,19)20)127(95-75-99(139(3,4)5)83-100(76-95)140(6,7)8)128(96-77-101(141(9,10)11)84-102(78-96)142(12,13)14)130(138(116)137)98-81-105(145(21,22)23)86-106(82-98)146(24,25)26/h27-70,75-86,131-132H,1-26H3. The predicted octanol–water partition coefficient (Wildman–Crippen LogP) is 38.9. The summed E-state index contributed by atoms with van der Waals surface area (Å²) in [5.74, 6) is 16.6. The second kappa shape index (κ2) is 33.4. The lowest BCUT2D eigenvalue weighted by Crippen LogP contribution is -2.41. The van der Waals surface area contributed by atoms with Gasteiger partial charge in [0.15, 0.2) is 0 Å². The fourth-order valence-corrected chi connectivity index (χ4v) is 25.8. The van der Waals surface area contributed by atoms with E-state index in [1.807, 2.05) is 0 Å². The zero-order valence-electron chi connectivity index (χ0n) is 91.5. The second-order valence-corrected chi connectivity index (χ2v) is 52.0. The maximum Gasteiger partial charge on any atom is 0.107 e. The molecule has 0 heterocycles. The van der Waals surface area contributed by atoms with E-state index in [0.29, 0.717) is 0 Å². The van der Waals surface area contributed by atoms with Gasteiger partial charge in [-0.25, -0.2) is 0 Å². The van der Waals surface area contributed by atoms with Crippen molar-refractivity contribution in [1.29, 1.82) is 0 Å². The van der Waals surface area contributed by atoms with Crippen LogP contribution < -0.4 is 0 Å². The van der Waals surface area contributed by atoms with Crippen molar-refractivity contribution in [2.45, 2.75) is 246 Å². The molecule has 0 heteroatoms. The summed E-state index contributed by atoms with van der Waals surface area (Å²) in [4.78, 5) is 0.